The van der Waals surface area contributed by atoms with Crippen LogP contribution in [0.25, 0.3) is 27.9 Å². The van der Waals surface area contributed by atoms with Gasteiger partial charge in [0, 0.05) is 23.0 Å². The number of aryl methyl sites for hydroxylation is 4. The summed E-state index contributed by atoms with van der Waals surface area (Å²) in [5.41, 5.74) is 13.6. The molecule has 2 aromatic carbocycles. The molecule has 2 aromatic heterocycles. The second kappa shape index (κ2) is 9.18. The van der Waals surface area contributed by atoms with Gasteiger partial charge in [-0.1, -0.05) is 30.3 Å². The number of nitrogens with two attached hydrogens (primary N) is 1. The molecule has 0 bridgehead atoms. The van der Waals surface area contributed by atoms with Gasteiger partial charge in [-0.25, -0.2) is 9.78 Å². The number of hydrogen-bond acceptors (Lipinski definition) is 5. The van der Waals surface area contributed by atoms with Crippen molar-refractivity contribution in [2.75, 3.05) is 12.3 Å². The molecular weight excluding hydrogens is 398 g/mol. The Morgan fingerprint density at radius 1 is 1.06 bits per heavy atom. The van der Waals surface area contributed by atoms with E-state index in [1.807, 2.05) is 12.3 Å². The zero-order valence-electron chi connectivity index (χ0n) is 18.7. The Kier molecular flexibility index (Phi) is 6.17. The molecule has 5 nitrogen and oxygen atoms in total. The lowest BCUT2D eigenvalue weighted by molar-refractivity contribution is -0.137. The second-order valence-corrected chi connectivity index (χ2v) is 8.03. The lowest BCUT2D eigenvalue weighted by Gasteiger charge is -2.10. The molecule has 0 fully saturated rings. The van der Waals surface area contributed by atoms with Crippen LogP contribution in [0, 0.1) is 13.8 Å². The number of aromatic nitrogens is 2. The maximum Gasteiger partial charge on any atom is 0.330 e. The van der Waals surface area contributed by atoms with Gasteiger partial charge in [-0.2, -0.15) is 0 Å². The highest BCUT2D eigenvalue weighted by atomic mass is 16.5. The highest BCUT2D eigenvalue weighted by Crippen LogP contribution is 2.28. The van der Waals surface area contributed by atoms with E-state index in [0.29, 0.717) is 12.4 Å². The molecule has 4 aromatic rings. The van der Waals surface area contributed by atoms with Crippen molar-refractivity contribution >= 4 is 39.7 Å². The molecule has 32 heavy (non-hydrogen) atoms. The van der Waals surface area contributed by atoms with E-state index in [2.05, 4.69) is 60.2 Å². The van der Waals surface area contributed by atoms with Crippen molar-refractivity contribution in [3.63, 3.8) is 0 Å². The van der Waals surface area contributed by atoms with Gasteiger partial charge in [0.25, 0.3) is 0 Å². The van der Waals surface area contributed by atoms with Gasteiger partial charge in [-0.15, -0.1) is 0 Å². The van der Waals surface area contributed by atoms with Crippen LogP contribution in [0.15, 0.2) is 54.7 Å². The largest absolute Gasteiger partial charge is 0.463 e. The maximum atomic E-state index is 11.5. The molecule has 4 rings (SSSR count). The van der Waals surface area contributed by atoms with E-state index < -0.39 is 0 Å². The Labute approximate surface area is 188 Å². The van der Waals surface area contributed by atoms with Gasteiger partial charge in [0.05, 0.1) is 12.1 Å². The van der Waals surface area contributed by atoms with Crippen LogP contribution in [0.1, 0.15) is 34.7 Å². The van der Waals surface area contributed by atoms with Crippen LogP contribution in [0.5, 0.6) is 0 Å². The van der Waals surface area contributed by atoms with Crippen LogP contribution < -0.4 is 5.73 Å². The number of hydrogen-bond donors (Lipinski definition) is 1. The highest BCUT2D eigenvalue weighted by Gasteiger charge is 2.09. The van der Waals surface area contributed by atoms with E-state index in [1.165, 1.54) is 17.2 Å². The number of carbonyl (C=O) groups is 1. The Morgan fingerprint density at radius 3 is 2.69 bits per heavy atom. The average Bonchev–Trinajstić information content (AvgIpc) is 2.77. The molecule has 0 radical (unpaired) electrons. The maximum absolute atomic E-state index is 11.5. The predicted octanol–water partition coefficient (Wildman–Crippen LogP) is 5.34. The molecular formula is C27H27N3O2. The molecule has 2 heterocycles. The smallest absolute Gasteiger partial charge is 0.330 e. The Bertz CT molecular complexity index is 1340. The first-order valence-electron chi connectivity index (χ1n) is 10.8. The fraction of sp³-hybridized carbons (Fsp3) is 0.222. The van der Waals surface area contributed by atoms with Crippen molar-refractivity contribution in [3.8, 4) is 0 Å². The molecule has 0 unspecified atom stereocenters. The third-order valence-corrected chi connectivity index (χ3v) is 5.62. The monoisotopic (exact) mass is 425 g/mol. The van der Waals surface area contributed by atoms with E-state index in [0.717, 1.165) is 51.3 Å². The minimum atomic E-state index is -0.323. The molecule has 0 spiro atoms. The minimum absolute atomic E-state index is 0.323. The number of anilines is 1. The number of esters is 1. The number of carbonyl (C=O) groups excluding carboxylic acids is 1. The van der Waals surface area contributed by atoms with E-state index in [-0.39, 0.29) is 5.97 Å². The molecule has 2 N–H and O–H groups in total. The Balaban J connectivity index is 1.55. The van der Waals surface area contributed by atoms with E-state index in [1.54, 1.807) is 13.0 Å². The van der Waals surface area contributed by atoms with Crippen molar-refractivity contribution in [1.82, 2.24) is 9.97 Å². The summed E-state index contributed by atoms with van der Waals surface area (Å²) < 4.78 is 4.93. The van der Waals surface area contributed by atoms with Gasteiger partial charge in [-0.3, -0.25) is 4.98 Å². The number of fused-ring (bicyclic) bond motifs is 3. The van der Waals surface area contributed by atoms with Gasteiger partial charge in [-0.05, 0) is 79.6 Å². The number of pyridine rings is 2. The van der Waals surface area contributed by atoms with E-state index in [9.17, 15) is 4.79 Å². The van der Waals surface area contributed by atoms with Crippen LogP contribution in [0.3, 0.4) is 0 Å². The third-order valence-electron chi connectivity index (χ3n) is 5.62. The predicted molar refractivity (Wildman–Crippen MR) is 130 cm³/mol. The molecule has 0 saturated carbocycles. The highest BCUT2D eigenvalue weighted by molar-refractivity contribution is 6.08. The quantitative estimate of drug-likeness (QED) is 0.256. The van der Waals surface area contributed by atoms with E-state index in [4.69, 9.17) is 10.5 Å². The van der Waals surface area contributed by atoms with Gasteiger partial charge >= 0.3 is 5.97 Å². The minimum Gasteiger partial charge on any atom is -0.463 e. The van der Waals surface area contributed by atoms with Gasteiger partial charge in [0.15, 0.2) is 5.82 Å². The standard InChI is InChI=1S/C27H27N3O2/c1-4-32-25(31)12-8-19-6-9-21(18(3)14-19)10-7-20-15-23-22-11-5-17(2)13-24(22)30-27(28)26(23)29-16-20/h5-6,8-9,11-16H,4,7,10H2,1-3H3,(H2,28,30). The summed E-state index contributed by atoms with van der Waals surface area (Å²) in [6, 6.07) is 14.7. The first-order chi connectivity index (χ1) is 15.4. The normalized spacial score (nSPS) is 11.5. The first-order valence-corrected chi connectivity index (χ1v) is 10.8. The summed E-state index contributed by atoms with van der Waals surface area (Å²) in [6.45, 7) is 6.32. The summed E-state index contributed by atoms with van der Waals surface area (Å²) in [6.07, 6.45) is 6.92. The number of nitrogens with zero attached hydrogens (tertiary/aromatic N) is 2. The molecule has 0 aliphatic heterocycles. The zero-order chi connectivity index (χ0) is 22.7. The second-order valence-electron chi connectivity index (χ2n) is 8.03. The molecule has 5 heteroatoms. The molecule has 0 aliphatic rings. The lowest BCUT2D eigenvalue weighted by atomic mass is 9.98. The Hall–Kier alpha value is -3.73. The van der Waals surface area contributed by atoms with Gasteiger partial charge < -0.3 is 10.5 Å². The van der Waals surface area contributed by atoms with Crippen molar-refractivity contribution in [2.45, 2.75) is 33.6 Å². The lowest BCUT2D eigenvalue weighted by Crippen LogP contribution is -1.99. The van der Waals surface area contributed by atoms with Crippen LogP contribution in [0.2, 0.25) is 0 Å². The molecule has 0 atom stereocenters. The fourth-order valence-electron chi connectivity index (χ4n) is 3.94. The number of ether oxygens (including phenoxy) is 1. The molecule has 0 aliphatic carbocycles. The van der Waals surface area contributed by atoms with Crippen LogP contribution >= 0.6 is 0 Å². The van der Waals surface area contributed by atoms with Crippen molar-refractivity contribution in [3.05, 3.63) is 82.6 Å². The van der Waals surface area contributed by atoms with Crippen LogP contribution in [-0.4, -0.2) is 22.5 Å². The van der Waals surface area contributed by atoms with Crippen molar-refractivity contribution in [1.29, 1.82) is 0 Å². The summed E-state index contributed by atoms with van der Waals surface area (Å²) in [5.74, 6) is 0.142. The van der Waals surface area contributed by atoms with Crippen LogP contribution in [0.4, 0.5) is 5.82 Å². The van der Waals surface area contributed by atoms with Crippen molar-refractivity contribution in [2.24, 2.45) is 0 Å². The number of benzene rings is 2. The molecule has 0 amide bonds. The summed E-state index contributed by atoms with van der Waals surface area (Å²) in [4.78, 5) is 20.7. The summed E-state index contributed by atoms with van der Waals surface area (Å²) >= 11 is 0. The fourth-order valence-corrected chi connectivity index (χ4v) is 3.94. The van der Waals surface area contributed by atoms with Gasteiger partial charge in [0.2, 0.25) is 0 Å². The van der Waals surface area contributed by atoms with Gasteiger partial charge in [0.1, 0.15) is 5.52 Å². The average molecular weight is 426 g/mol. The van der Waals surface area contributed by atoms with Crippen molar-refractivity contribution < 1.29 is 9.53 Å². The first kappa shape index (κ1) is 21.5. The zero-order valence-corrected chi connectivity index (χ0v) is 18.7. The number of nitrogen functional groups attached to an aromatic ring is 1. The summed E-state index contributed by atoms with van der Waals surface area (Å²) in [5, 5.41) is 2.12. The summed E-state index contributed by atoms with van der Waals surface area (Å²) in [7, 11) is 0. The molecule has 162 valence electrons. The van der Waals surface area contributed by atoms with E-state index >= 15 is 0 Å². The van der Waals surface area contributed by atoms with Crippen LogP contribution in [-0.2, 0) is 22.4 Å². The molecule has 0 saturated heterocycles. The topological polar surface area (TPSA) is 78.1 Å². The third kappa shape index (κ3) is 4.62. The Morgan fingerprint density at radius 2 is 1.91 bits per heavy atom. The SMILES string of the molecule is CCOC(=O)C=Cc1ccc(CCc2cnc3c(N)nc4cc(C)ccc4c3c2)c(C)c1. The number of rotatable bonds is 6.